The summed E-state index contributed by atoms with van der Waals surface area (Å²) in [5.74, 6) is -3.62. The summed E-state index contributed by atoms with van der Waals surface area (Å²) < 4.78 is 31.7. The van der Waals surface area contributed by atoms with Gasteiger partial charge in [-0.15, -0.1) is 0 Å². The first-order chi connectivity index (χ1) is 18.0. The lowest BCUT2D eigenvalue weighted by Crippen LogP contribution is -2.54. The molecule has 0 spiro atoms. The van der Waals surface area contributed by atoms with Gasteiger partial charge in [0.2, 0.25) is 0 Å². The number of carboxylic acid groups (broad SMARTS) is 2. The lowest BCUT2D eigenvalue weighted by Gasteiger charge is -2.46. The van der Waals surface area contributed by atoms with Gasteiger partial charge in [0.25, 0.3) is 0 Å². The SMILES string of the molecule is O=C(O)C(F)(F)F.O=C(O)c1ccc2c(c1)CC[C@H]1CN(Cc3ncccc3-c3ccc(Cl)cc3)CCN21. The number of rotatable bonds is 4. The average molecular weight is 548 g/mol. The molecule has 2 aliphatic heterocycles. The van der Waals surface area contributed by atoms with Crippen molar-refractivity contribution in [3.8, 4) is 11.1 Å². The van der Waals surface area contributed by atoms with Crippen molar-refractivity contribution in [3.63, 3.8) is 0 Å². The molecule has 3 aromatic rings. The van der Waals surface area contributed by atoms with Crippen molar-refractivity contribution in [3.05, 3.63) is 82.6 Å². The number of aliphatic carboxylic acids is 1. The fourth-order valence-electron chi connectivity index (χ4n) is 4.82. The number of anilines is 1. The van der Waals surface area contributed by atoms with Crippen LogP contribution in [0.4, 0.5) is 18.9 Å². The zero-order valence-corrected chi connectivity index (χ0v) is 20.9. The van der Waals surface area contributed by atoms with Gasteiger partial charge in [0.15, 0.2) is 0 Å². The van der Waals surface area contributed by atoms with Crippen LogP contribution < -0.4 is 4.90 Å². The molecule has 0 bridgehead atoms. The number of carboxylic acids is 2. The van der Waals surface area contributed by atoms with E-state index in [1.54, 1.807) is 6.07 Å². The van der Waals surface area contributed by atoms with Crippen LogP contribution >= 0.6 is 11.6 Å². The fourth-order valence-corrected chi connectivity index (χ4v) is 4.94. The average Bonchev–Trinajstić information content (AvgIpc) is 2.89. The molecule has 38 heavy (non-hydrogen) atoms. The molecule has 0 unspecified atom stereocenters. The van der Waals surface area contributed by atoms with Gasteiger partial charge in [-0.05, 0) is 60.4 Å². The van der Waals surface area contributed by atoms with E-state index in [0.717, 1.165) is 66.4 Å². The third-order valence-electron chi connectivity index (χ3n) is 6.61. The monoisotopic (exact) mass is 547 g/mol. The molecule has 0 saturated carbocycles. The predicted octanol–water partition coefficient (Wildman–Crippen LogP) is 5.37. The van der Waals surface area contributed by atoms with Gasteiger partial charge in [0.1, 0.15) is 0 Å². The van der Waals surface area contributed by atoms with Crippen molar-refractivity contribution >= 4 is 29.2 Å². The third kappa shape index (κ3) is 6.43. The Kier molecular flexibility index (Phi) is 8.23. The Morgan fingerprint density at radius 3 is 2.42 bits per heavy atom. The molecule has 0 aliphatic carbocycles. The highest BCUT2D eigenvalue weighted by Gasteiger charge is 2.38. The summed E-state index contributed by atoms with van der Waals surface area (Å²) in [5, 5.41) is 17.1. The number of piperazine rings is 1. The molecular weight excluding hydrogens is 523 g/mol. The Morgan fingerprint density at radius 1 is 1.05 bits per heavy atom. The zero-order valence-electron chi connectivity index (χ0n) is 20.2. The molecule has 0 amide bonds. The Bertz CT molecular complexity index is 1320. The Morgan fingerprint density at radius 2 is 1.76 bits per heavy atom. The van der Waals surface area contributed by atoms with Crippen LogP contribution in [0, 0.1) is 0 Å². The number of aryl methyl sites for hydroxylation is 1. The number of benzene rings is 2. The minimum absolute atomic E-state index is 0.376. The van der Waals surface area contributed by atoms with E-state index in [1.165, 1.54) is 5.69 Å². The Balaban J connectivity index is 0.000000426. The van der Waals surface area contributed by atoms with Crippen molar-refractivity contribution in [1.82, 2.24) is 9.88 Å². The first kappa shape index (κ1) is 27.4. The summed E-state index contributed by atoms with van der Waals surface area (Å²) in [6, 6.07) is 18.0. The van der Waals surface area contributed by atoms with Crippen molar-refractivity contribution in [2.24, 2.45) is 0 Å². The fraction of sp³-hybridized carbons (Fsp3) is 0.296. The molecule has 1 atom stereocenters. The highest BCUT2D eigenvalue weighted by Crippen LogP contribution is 2.34. The maximum absolute atomic E-state index is 11.3. The van der Waals surface area contributed by atoms with Crippen molar-refractivity contribution in [2.75, 3.05) is 24.5 Å². The molecule has 1 aromatic heterocycles. The standard InChI is InChI=1S/C25H24ClN3O2.C2HF3O2/c26-20-7-3-17(4-8-20)22-2-1-11-27-23(22)16-28-12-13-29-21(15-28)9-5-18-14-19(25(30)31)6-10-24(18)29;3-2(4,5)1(6)7/h1-4,6-8,10-11,14,21H,5,9,12-13,15-16H2,(H,30,31);(H,6,7)/t21-;/m0./s1. The van der Waals surface area contributed by atoms with Gasteiger partial charge in [-0.2, -0.15) is 13.2 Å². The van der Waals surface area contributed by atoms with E-state index >= 15 is 0 Å². The van der Waals surface area contributed by atoms with E-state index in [4.69, 9.17) is 26.5 Å². The molecule has 1 fully saturated rings. The number of fused-ring (bicyclic) bond motifs is 3. The molecule has 1 saturated heterocycles. The van der Waals surface area contributed by atoms with E-state index < -0.39 is 18.1 Å². The van der Waals surface area contributed by atoms with Crippen molar-refractivity contribution < 1.29 is 33.0 Å². The topological polar surface area (TPSA) is 94.0 Å². The largest absolute Gasteiger partial charge is 0.490 e. The van der Waals surface area contributed by atoms with Crippen LogP contribution in [0.3, 0.4) is 0 Å². The molecular formula is C27H25ClF3N3O4. The minimum Gasteiger partial charge on any atom is -0.478 e. The summed E-state index contributed by atoms with van der Waals surface area (Å²) in [6.07, 6.45) is -1.26. The molecule has 2 aliphatic rings. The van der Waals surface area contributed by atoms with Gasteiger partial charge < -0.3 is 15.1 Å². The van der Waals surface area contributed by atoms with E-state index in [2.05, 4.69) is 15.9 Å². The normalized spacial score (nSPS) is 17.1. The van der Waals surface area contributed by atoms with Gasteiger partial charge in [-0.25, -0.2) is 9.59 Å². The molecule has 2 aromatic carbocycles. The van der Waals surface area contributed by atoms with Gasteiger partial charge in [0, 0.05) is 54.7 Å². The highest BCUT2D eigenvalue weighted by atomic mass is 35.5. The summed E-state index contributed by atoms with van der Waals surface area (Å²) in [4.78, 5) is 29.8. The number of pyridine rings is 1. The smallest absolute Gasteiger partial charge is 0.478 e. The Hall–Kier alpha value is -3.63. The second-order valence-corrected chi connectivity index (χ2v) is 9.51. The van der Waals surface area contributed by atoms with Gasteiger partial charge in [-0.1, -0.05) is 29.8 Å². The first-order valence-electron chi connectivity index (χ1n) is 11.9. The maximum Gasteiger partial charge on any atom is 0.490 e. The van der Waals surface area contributed by atoms with Crippen LogP contribution in [0.25, 0.3) is 11.1 Å². The summed E-state index contributed by atoms with van der Waals surface area (Å²) >= 11 is 6.06. The third-order valence-corrected chi connectivity index (χ3v) is 6.86. The number of hydrogen-bond acceptors (Lipinski definition) is 5. The van der Waals surface area contributed by atoms with Crippen LogP contribution in [-0.2, 0) is 17.8 Å². The Labute approximate surface area is 222 Å². The minimum atomic E-state index is -5.08. The van der Waals surface area contributed by atoms with E-state index in [0.29, 0.717) is 11.6 Å². The number of hydrogen-bond donors (Lipinski definition) is 2. The molecule has 3 heterocycles. The molecule has 200 valence electrons. The molecule has 11 heteroatoms. The van der Waals surface area contributed by atoms with Crippen LogP contribution in [-0.4, -0.2) is 63.9 Å². The quantitative estimate of drug-likeness (QED) is 0.453. The van der Waals surface area contributed by atoms with E-state index in [9.17, 15) is 23.1 Å². The number of halogens is 4. The van der Waals surface area contributed by atoms with Crippen LogP contribution in [0.5, 0.6) is 0 Å². The summed E-state index contributed by atoms with van der Waals surface area (Å²) in [6.45, 7) is 3.69. The molecule has 5 rings (SSSR count). The van der Waals surface area contributed by atoms with Gasteiger partial charge in [0.05, 0.1) is 11.3 Å². The highest BCUT2D eigenvalue weighted by molar-refractivity contribution is 6.30. The van der Waals surface area contributed by atoms with Gasteiger partial charge in [-0.3, -0.25) is 9.88 Å². The molecule has 0 radical (unpaired) electrons. The van der Waals surface area contributed by atoms with Crippen LogP contribution in [0.2, 0.25) is 5.02 Å². The lowest BCUT2D eigenvalue weighted by molar-refractivity contribution is -0.192. The van der Waals surface area contributed by atoms with Crippen LogP contribution in [0.15, 0.2) is 60.8 Å². The lowest BCUT2D eigenvalue weighted by atomic mass is 9.92. The number of carbonyl (C=O) groups is 2. The van der Waals surface area contributed by atoms with Crippen LogP contribution in [0.1, 0.15) is 28.0 Å². The predicted molar refractivity (Wildman–Crippen MR) is 137 cm³/mol. The number of aromatic nitrogens is 1. The van der Waals surface area contributed by atoms with Gasteiger partial charge >= 0.3 is 18.1 Å². The first-order valence-corrected chi connectivity index (χ1v) is 12.3. The summed E-state index contributed by atoms with van der Waals surface area (Å²) in [7, 11) is 0. The summed E-state index contributed by atoms with van der Waals surface area (Å²) in [5.41, 5.74) is 6.09. The number of nitrogens with zero attached hydrogens (tertiary/aromatic N) is 3. The second kappa shape index (κ2) is 11.4. The van der Waals surface area contributed by atoms with Crippen molar-refractivity contribution in [1.29, 1.82) is 0 Å². The maximum atomic E-state index is 11.3. The number of alkyl halides is 3. The van der Waals surface area contributed by atoms with E-state index in [-0.39, 0.29) is 0 Å². The molecule has 7 nitrogen and oxygen atoms in total. The van der Waals surface area contributed by atoms with Crippen molar-refractivity contribution in [2.45, 2.75) is 31.6 Å². The van der Waals surface area contributed by atoms with E-state index in [1.807, 2.05) is 48.7 Å². The number of aromatic carboxylic acids is 1. The second-order valence-electron chi connectivity index (χ2n) is 9.08. The zero-order chi connectivity index (χ0) is 27.4. The molecule has 2 N–H and O–H groups in total.